The number of rotatable bonds is 5. The highest BCUT2D eigenvalue weighted by Gasteiger charge is 2.39. The summed E-state index contributed by atoms with van der Waals surface area (Å²) in [6, 6.07) is 0.848. The molecule has 1 aliphatic carbocycles. The zero-order valence-electron chi connectivity index (χ0n) is 9.58. The molecule has 0 radical (unpaired) electrons. The molecule has 2 fully saturated rings. The van der Waals surface area contributed by atoms with Crippen LogP contribution in [0.1, 0.15) is 39.0 Å². The van der Waals surface area contributed by atoms with Gasteiger partial charge in [0.1, 0.15) is 6.29 Å². The third kappa shape index (κ3) is 2.58. The molecular weight excluding hydrogens is 190 g/mol. The standard InChI is InChI=1S/C12H21NO2/c1-2-15-12(7-10-14)5-8-13(9-6-12)11-3-4-11/h10-11H,2-9H2,1H3. The smallest absolute Gasteiger partial charge is 0.122 e. The van der Waals surface area contributed by atoms with Crippen molar-refractivity contribution < 1.29 is 9.53 Å². The summed E-state index contributed by atoms with van der Waals surface area (Å²) < 4.78 is 5.80. The number of hydrogen-bond donors (Lipinski definition) is 0. The van der Waals surface area contributed by atoms with Crippen LogP contribution >= 0.6 is 0 Å². The van der Waals surface area contributed by atoms with Crippen molar-refractivity contribution in [1.29, 1.82) is 0 Å². The monoisotopic (exact) mass is 211 g/mol. The molecule has 0 bridgehead atoms. The van der Waals surface area contributed by atoms with E-state index in [4.69, 9.17) is 4.74 Å². The summed E-state index contributed by atoms with van der Waals surface area (Å²) in [7, 11) is 0. The molecule has 0 aromatic carbocycles. The Morgan fingerprint density at radius 2 is 2.07 bits per heavy atom. The number of aldehydes is 1. The number of likely N-dealkylation sites (tertiary alicyclic amines) is 1. The van der Waals surface area contributed by atoms with E-state index in [2.05, 4.69) is 4.90 Å². The molecule has 0 unspecified atom stereocenters. The Morgan fingerprint density at radius 3 is 2.53 bits per heavy atom. The van der Waals surface area contributed by atoms with Gasteiger partial charge in [0.05, 0.1) is 5.60 Å². The van der Waals surface area contributed by atoms with E-state index in [-0.39, 0.29) is 5.60 Å². The molecule has 0 atom stereocenters. The maximum Gasteiger partial charge on any atom is 0.122 e. The van der Waals surface area contributed by atoms with Crippen molar-refractivity contribution in [2.75, 3.05) is 19.7 Å². The molecule has 3 nitrogen and oxygen atoms in total. The normalized spacial score (nSPS) is 26.5. The van der Waals surface area contributed by atoms with Gasteiger partial charge in [-0.1, -0.05) is 0 Å². The quantitative estimate of drug-likeness (QED) is 0.647. The van der Waals surface area contributed by atoms with Crippen molar-refractivity contribution in [1.82, 2.24) is 4.90 Å². The molecule has 0 amide bonds. The van der Waals surface area contributed by atoms with Crippen molar-refractivity contribution in [2.45, 2.75) is 50.7 Å². The average Bonchev–Trinajstić information content (AvgIpc) is 3.03. The third-order valence-corrected chi connectivity index (χ3v) is 3.68. The largest absolute Gasteiger partial charge is 0.375 e. The molecular formula is C12H21NO2. The lowest BCUT2D eigenvalue weighted by atomic mass is 9.88. The Morgan fingerprint density at radius 1 is 1.40 bits per heavy atom. The van der Waals surface area contributed by atoms with E-state index < -0.39 is 0 Å². The van der Waals surface area contributed by atoms with Crippen LogP contribution in [0, 0.1) is 0 Å². The fourth-order valence-electron chi connectivity index (χ4n) is 2.60. The van der Waals surface area contributed by atoms with Crippen LogP contribution in [-0.4, -0.2) is 42.5 Å². The maximum atomic E-state index is 10.7. The molecule has 1 saturated heterocycles. The van der Waals surface area contributed by atoms with Crippen molar-refractivity contribution in [3.05, 3.63) is 0 Å². The van der Waals surface area contributed by atoms with Crippen molar-refractivity contribution >= 4 is 6.29 Å². The number of ether oxygens (including phenoxy) is 1. The molecule has 0 aromatic rings. The van der Waals surface area contributed by atoms with Gasteiger partial charge in [-0.3, -0.25) is 0 Å². The Labute approximate surface area is 91.8 Å². The Balaban J connectivity index is 1.88. The first-order valence-electron chi connectivity index (χ1n) is 6.11. The summed E-state index contributed by atoms with van der Waals surface area (Å²) in [6.07, 6.45) is 6.37. The summed E-state index contributed by atoms with van der Waals surface area (Å²) in [5.41, 5.74) is -0.137. The van der Waals surface area contributed by atoms with Crippen LogP contribution in [0.2, 0.25) is 0 Å². The van der Waals surface area contributed by atoms with E-state index in [1.807, 2.05) is 6.92 Å². The van der Waals surface area contributed by atoms with E-state index >= 15 is 0 Å². The lowest BCUT2D eigenvalue weighted by Gasteiger charge is -2.40. The van der Waals surface area contributed by atoms with E-state index in [1.54, 1.807) is 0 Å². The molecule has 1 aliphatic heterocycles. The fraction of sp³-hybridized carbons (Fsp3) is 0.917. The third-order valence-electron chi connectivity index (χ3n) is 3.68. The molecule has 3 heteroatoms. The van der Waals surface area contributed by atoms with Crippen LogP contribution in [0.3, 0.4) is 0 Å². The highest BCUT2D eigenvalue weighted by atomic mass is 16.5. The van der Waals surface area contributed by atoms with E-state index in [0.717, 1.165) is 44.9 Å². The Hall–Kier alpha value is -0.410. The number of carbonyl (C=O) groups excluding carboxylic acids is 1. The molecule has 0 spiro atoms. The molecule has 0 N–H and O–H groups in total. The highest BCUT2D eigenvalue weighted by Crippen LogP contribution is 2.35. The van der Waals surface area contributed by atoms with Crippen molar-refractivity contribution in [3.8, 4) is 0 Å². The van der Waals surface area contributed by atoms with Gasteiger partial charge in [-0.2, -0.15) is 0 Å². The topological polar surface area (TPSA) is 29.5 Å². The van der Waals surface area contributed by atoms with Crippen LogP contribution in [-0.2, 0) is 9.53 Å². The molecule has 0 aromatic heterocycles. The predicted molar refractivity (Wildman–Crippen MR) is 58.9 cm³/mol. The second-order valence-corrected chi connectivity index (χ2v) is 4.75. The van der Waals surface area contributed by atoms with Crippen LogP contribution in [0.15, 0.2) is 0 Å². The number of hydrogen-bond acceptors (Lipinski definition) is 3. The van der Waals surface area contributed by atoms with Crippen molar-refractivity contribution in [3.63, 3.8) is 0 Å². The lowest BCUT2D eigenvalue weighted by molar-refractivity contribution is -0.121. The first-order valence-corrected chi connectivity index (χ1v) is 6.11. The Kier molecular flexibility index (Phi) is 3.42. The first kappa shape index (κ1) is 11.1. The second kappa shape index (κ2) is 4.62. The van der Waals surface area contributed by atoms with Gasteiger partial charge < -0.3 is 14.4 Å². The minimum atomic E-state index is -0.137. The maximum absolute atomic E-state index is 10.7. The van der Waals surface area contributed by atoms with Crippen LogP contribution in [0.4, 0.5) is 0 Å². The zero-order valence-corrected chi connectivity index (χ0v) is 9.58. The van der Waals surface area contributed by atoms with Crippen LogP contribution in [0.25, 0.3) is 0 Å². The molecule has 2 rings (SSSR count). The molecule has 1 heterocycles. The average molecular weight is 211 g/mol. The molecule has 15 heavy (non-hydrogen) atoms. The van der Waals surface area contributed by atoms with Gasteiger partial charge >= 0.3 is 0 Å². The van der Waals surface area contributed by atoms with E-state index in [9.17, 15) is 4.79 Å². The minimum Gasteiger partial charge on any atom is -0.375 e. The second-order valence-electron chi connectivity index (χ2n) is 4.75. The highest BCUT2D eigenvalue weighted by molar-refractivity contribution is 5.51. The van der Waals surface area contributed by atoms with Gasteiger partial charge in [0.15, 0.2) is 0 Å². The predicted octanol–water partition coefficient (Wildman–Crippen LogP) is 1.61. The van der Waals surface area contributed by atoms with Crippen molar-refractivity contribution in [2.24, 2.45) is 0 Å². The summed E-state index contributed by atoms with van der Waals surface area (Å²) in [5, 5.41) is 0. The van der Waals surface area contributed by atoms with Crippen LogP contribution in [0.5, 0.6) is 0 Å². The van der Waals surface area contributed by atoms with E-state index in [1.165, 1.54) is 12.8 Å². The number of piperidine rings is 1. The SMILES string of the molecule is CCOC1(CC=O)CCN(C2CC2)CC1. The molecule has 1 saturated carbocycles. The number of nitrogens with zero attached hydrogens (tertiary/aromatic N) is 1. The summed E-state index contributed by atoms with van der Waals surface area (Å²) in [6.45, 7) is 4.95. The lowest BCUT2D eigenvalue weighted by Crippen LogP contribution is -2.47. The summed E-state index contributed by atoms with van der Waals surface area (Å²) in [5.74, 6) is 0. The fourth-order valence-corrected chi connectivity index (χ4v) is 2.60. The molecule has 86 valence electrons. The number of carbonyl (C=O) groups is 1. The van der Waals surface area contributed by atoms with Gasteiger partial charge in [-0.05, 0) is 32.6 Å². The van der Waals surface area contributed by atoms with Crippen LogP contribution < -0.4 is 0 Å². The minimum absolute atomic E-state index is 0.137. The zero-order chi connectivity index (χ0) is 10.7. The van der Waals surface area contributed by atoms with Gasteiger partial charge in [-0.15, -0.1) is 0 Å². The van der Waals surface area contributed by atoms with Gasteiger partial charge in [0.25, 0.3) is 0 Å². The first-order chi connectivity index (χ1) is 7.29. The van der Waals surface area contributed by atoms with E-state index in [0.29, 0.717) is 6.42 Å². The Bertz CT molecular complexity index is 218. The molecule has 2 aliphatic rings. The van der Waals surface area contributed by atoms with Gasteiger partial charge in [-0.25, -0.2) is 0 Å². The summed E-state index contributed by atoms with van der Waals surface area (Å²) in [4.78, 5) is 13.2. The summed E-state index contributed by atoms with van der Waals surface area (Å²) >= 11 is 0. The van der Waals surface area contributed by atoms with Gasteiger partial charge in [0.2, 0.25) is 0 Å². The van der Waals surface area contributed by atoms with Gasteiger partial charge in [0, 0.05) is 32.2 Å².